The van der Waals surface area contributed by atoms with Crippen LogP contribution in [0.15, 0.2) is 65.5 Å². The van der Waals surface area contributed by atoms with Crippen LogP contribution < -0.4 is 0 Å². The van der Waals surface area contributed by atoms with Crippen LogP contribution in [-0.2, 0) is 0 Å². The van der Waals surface area contributed by atoms with Crippen molar-refractivity contribution < 1.29 is 0 Å². The lowest BCUT2D eigenvalue weighted by atomic mass is 10.2. The van der Waals surface area contributed by atoms with Gasteiger partial charge in [0, 0.05) is 24.2 Å². The minimum atomic E-state index is 0.676. The number of azo groups is 1. The van der Waals surface area contributed by atoms with E-state index < -0.39 is 0 Å². The molecule has 0 saturated carbocycles. The van der Waals surface area contributed by atoms with Gasteiger partial charge in [0.25, 0.3) is 0 Å². The Hall–Kier alpha value is -2.89. The summed E-state index contributed by atoms with van der Waals surface area (Å²) in [7, 11) is 0. The molecule has 3 aromatic rings. The largest absolute Gasteiger partial charge is 0.275 e. The Labute approximate surface area is 109 Å². The molecule has 0 saturated heterocycles. The van der Waals surface area contributed by atoms with Crippen LogP contribution in [-0.4, -0.2) is 20.2 Å². The summed E-state index contributed by atoms with van der Waals surface area (Å²) in [4.78, 5) is 7.96. The summed E-state index contributed by atoms with van der Waals surface area (Å²) in [5.74, 6) is 0. The number of H-pyrrole nitrogens is 1. The Balaban J connectivity index is 1.91. The maximum atomic E-state index is 4.18. The fourth-order valence-corrected chi connectivity index (χ4v) is 1.61. The third kappa shape index (κ3) is 2.52. The van der Waals surface area contributed by atoms with Gasteiger partial charge in [-0.25, -0.2) is 0 Å². The molecule has 3 heterocycles. The Bertz CT molecular complexity index is 675. The van der Waals surface area contributed by atoms with Crippen molar-refractivity contribution in [1.82, 2.24) is 20.2 Å². The second-order valence-corrected chi connectivity index (χ2v) is 3.78. The van der Waals surface area contributed by atoms with Crippen LogP contribution in [0.5, 0.6) is 0 Å². The van der Waals surface area contributed by atoms with Crippen molar-refractivity contribution in [3.05, 3.63) is 55.2 Å². The summed E-state index contributed by atoms with van der Waals surface area (Å²) in [5, 5.41) is 15.2. The van der Waals surface area contributed by atoms with Gasteiger partial charge in [-0.3, -0.25) is 15.1 Å². The molecule has 0 atom stereocenters. The fourth-order valence-electron chi connectivity index (χ4n) is 1.61. The van der Waals surface area contributed by atoms with Gasteiger partial charge in [0.15, 0.2) is 0 Å². The molecule has 0 unspecified atom stereocenters. The number of aromatic amines is 1. The Morgan fingerprint density at radius 3 is 2.58 bits per heavy atom. The van der Waals surface area contributed by atoms with Crippen molar-refractivity contribution in [2.45, 2.75) is 0 Å². The van der Waals surface area contributed by atoms with E-state index in [1.807, 2.05) is 24.3 Å². The predicted molar refractivity (Wildman–Crippen MR) is 70.2 cm³/mol. The second kappa shape index (κ2) is 5.18. The molecule has 0 fully saturated rings. The smallest absolute Gasteiger partial charge is 0.131 e. The van der Waals surface area contributed by atoms with Gasteiger partial charge >= 0.3 is 0 Å². The highest BCUT2D eigenvalue weighted by Crippen LogP contribution is 2.28. The molecule has 6 heteroatoms. The van der Waals surface area contributed by atoms with Crippen LogP contribution in [0.4, 0.5) is 11.4 Å². The van der Waals surface area contributed by atoms with Crippen molar-refractivity contribution in [3.63, 3.8) is 0 Å². The van der Waals surface area contributed by atoms with Crippen molar-refractivity contribution in [3.8, 4) is 11.3 Å². The van der Waals surface area contributed by atoms with E-state index in [1.54, 1.807) is 31.0 Å². The maximum absolute atomic E-state index is 4.18. The molecular weight excluding hydrogens is 240 g/mol. The van der Waals surface area contributed by atoms with Crippen LogP contribution in [0.1, 0.15) is 0 Å². The van der Waals surface area contributed by atoms with Gasteiger partial charge < -0.3 is 0 Å². The lowest BCUT2D eigenvalue weighted by molar-refractivity contribution is 1.09. The fraction of sp³-hybridized carbons (Fsp3) is 0. The van der Waals surface area contributed by atoms with Crippen LogP contribution in [0.3, 0.4) is 0 Å². The van der Waals surface area contributed by atoms with Crippen molar-refractivity contribution in [1.29, 1.82) is 0 Å². The summed E-state index contributed by atoms with van der Waals surface area (Å²) in [5.41, 5.74) is 3.15. The van der Waals surface area contributed by atoms with E-state index in [-0.39, 0.29) is 0 Å². The van der Waals surface area contributed by atoms with E-state index in [2.05, 4.69) is 30.4 Å². The van der Waals surface area contributed by atoms with E-state index in [1.165, 1.54) is 0 Å². The summed E-state index contributed by atoms with van der Waals surface area (Å²) in [6.07, 6.45) is 8.42. The average molecular weight is 250 g/mol. The molecule has 0 aliphatic rings. The summed E-state index contributed by atoms with van der Waals surface area (Å²) < 4.78 is 0. The Kier molecular flexibility index (Phi) is 3.05. The molecule has 0 radical (unpaired) electrons. The molecule has 3 rings (SSSR count). The van der Waals surface area contributed by atoms with E-state index in [0.29, 0.717) is 11.4 Å². The lowest BCUT2D eigenvalue weighted by Gasteiger charge is -1.97. The normalized spacial score (nSPS) is 10.9. The zero-order valence-corrected chi connectivity index (χ0v) is 9.93. The van der Waals surface area contributed by atoms with Crippen LogP contribution in [0, 0.1) is 0 Å². The molecule has 1 N–H and O–H groups in total. The molecule has 0 aliphatic carbocycles. The molecule has 3 aromatic heterocycles. The second-order valence-electron chi connectivity index (χ2n) is 3.78. The van der Waals surface area contributed by atoms with E-state index in [4.69, 9.17) is 0 Å². The lowest BCUT2D eigenvalue weighted by Crippen LogP contribution is -1.78. The summed E-state index contributed by atoms with van der Waals surface area (Å²) in [6.45, 7) is 0. The molecule has 6 nitrogen and oxygen atoms in total. The van der Waals surface area contributed by atoms with Gasteiger partial charge in [-0.15, -0.1) is 10.2 Å². The third-order valence-electron chi connectivity index (χ3n) is 2.51. The maximum Gasteiger partial charge on any atom is 0.131 e. The van der Waals surface area contributed by atoms with Crippen molar-refractivity contribution >= 4 is 11.4 Å². The Morgan fingerprint density at radius 2 is 1.79 bits per heavy atom. The van der Waals surface area contributed by atoms with Gasteiger partial charge in [0.05, 0.1) is 18.1 Å². The first-order chi connectivity index (χ1) is 9.43. The minimum absolute atomic E-state index is 0.676. The minimum Gasteiger partial charge on any atom is -0.275 e. The SMILES string of the molecule is c1cncc(N=Nc2cn[nH]c2-c2ccncc2)c1. The van der Waals surface area contributed by atoms with Gasteiger partial charge in [-0.2, -0.15) is 5.10 Å². The molecule has 92 valence electrons. The molecule has 0 bridgehead atoms. The average Bonchev–Trinajstić information content (AvgIpc) is 2.95. The van der Waals surface area contributed by atoms with Crippen LogP contribution in [0.2, 0.25) is 0 Å². The van der Waals surface area contributed by atoms with E-state index in [9.17, 15) is 0 Å². The Morgan fingerprint density at radius 1 is 0.895 bits per heavy atom. The van der Waals surface area contributed by atoms with Crippen molar-refractivity contribution in [2.75, 3.05) is 0 Å². The number of nitrogens with one attached hydrogen (secondary N) is 1. The van der Waals surface area contributed by atoms with Crippen molar-refractivity contribution in [2.24, 2.45) is 10.2 Å². The predicted octanol–water partition coefficient (Wildman–Crippen LogP) is 3.28. The zero-order chi connectivity index (χ0) is 12.9. The highest BCUT2D eigenvalue weighted by Gasteiger charge is 2.06. The monoisotopic (exact) mass is 250 g/mol. The number of aromatic nitrogens is 4. The highest BCUT2D eigenvalue weighted by molar-refractivity contribution is 5.70. The third-order valence-corrected chi connectivity index (χ3v) is 2.51. The van der Waals surface area contributed by atoms with Crippen LogP contribution in [0.25, 0.3) is 11.3 Å². The highest BCUT2D eigenvalue weighted by atomic mass is 15.2. The first kappa shape index (κ1) is 11.2. The van der Waals surface area contributed by atoms with E-state index in [0.717, 1.165) is 11.3 Å². The molecule has 0 aromatic carbocycles. The number of hydrogen-bond acceptors (Lipinski definition) is 5. The number of pyridine rings is 2. The summed E-state index contributed by atoms with van der Waals surface area (Å²) >= 11 is 0. The van der Waals surface area contributed by atoms with Gasteiger partial charge in [-0.1, -0.05) is 0 Å². The molecular formula is C13H10N6. The first-order valence-electron chi connectivity index (χ1n) is 5.69. The number of rotatable bonds is 3. The van der Waals surface area contributed by atoms with Crippen LogP contribution >= 0.6 is 0 Å². The molecule has 0 spiro atoms. The number of hydrogen-bond donors (Lipinski definition) is 1. The molecule has 0 aliphatic heterocycles. The zero-order valence-electron chi connectivity index (χ0n) is 9.93. The molecule has 19 heavy (non-hydrogen) atoms. The van der Waals surface area contributed by atoms with Gasteiger partial charge in [-0.05, 0) is 24.3 Å². The topological polar surface area (TPSA) is 79.2 Å². The van der Waals surface area contributed by atoms with E-state index >= 15 is 0 Å². The molecule has 0 amide bonds. The first-order valence-corrected chi connectivity index (χ1v) is 5.69. The van der Waals surface area contributed by atoms with Gasteiger partial charge in [0.2, 0.25) is 0 Å². The summed E-state index contributed by atoms with van der Waals surface area (Å²) in [6, 6.07) is 7.42. The standard InChI is InChI=1S/C13H10N6/c1-2-11(8-15-5-1)17-18-12-9-16-19-13(12)10-3-6-14-7-4-10/h1-9H,(H,16,19). The quantitative estimate of drug-likeness (QED) is 0.724. The number of nitrogens with zero attached hydrogens (tertiary/aromatic N) is 5. The van der Waals surface area contributed by atoms with Gasteiger partial charge in [0.1, 0.15) is 11.4 Å².